The van der Waals surface area contributed by atoms with Crippen LogP contribution < -0.4 is 10.6 Å². The molecule has 0 spiro atoms. The van der Waals surface area contributed by atoms with E-state index in [9.17, 15) is 10.1 Å². The first-order valence-electron chi connectivity index (χ1n) is 10.6. The number of carbonyl (C=O) groups is 1. The Morgan fingerprint density at radius 3 is 2.35 bits per heavy atom. The fourth-order valence-electron chi connectivity index (χ4n) is 4.67. The highest BCUT2D eigenvalue weighted by Crippen LogP contribution is 2.50. The Hall–Kier alpha value is -3.03. The van der Waals surface area contributed by atoms with E-state index < -0.39 is 5.92 Å². The predicted octanol–water partition coefficient (Wildman–Crippen LogP) is 5.84. The van der Waals surface area contributed by atoms with Gasteiger partial charge in [0.1, 0.15) is 5.82 Å². The van der Waals surface area contributed by atoms with Gasteiger partial charge in [-0.1, -0.05) is 56.6 Å². The summed E-state index contributed by atoms with van der Waals surface area (Å²) in [6, 6.07) is 17.8. The lowest BCUT2D eigenvalue weighted by molar-refractivity contribution is -0.118. The number of Topliss-reactive ketones (excluding diaryl/α,β-unsaturated/α-hetero) is 1. The molecule has 2 aromatic carbocycles. The van der Waals surface area contributed by atoms with Crippen molar-refractivity contribution in [2.75, 3.05) is 4.90 Å². The lowest BCUT2D eigenvalue weighted by atomic mass is 9.68. The molecule has 0 amide bonds. The Balaban J connectivity index is 1.96. The number of benzene rings is 2. The number of nitrogens with two attached hydrogens (primary N) is 1. The highest BCUT2D eigenvalue weighted by molar-refractivity contribution is 6.30. The van der Waals surface area contributed by atoms with Gasteiger partial charge in [0.15, 0.2) is 5.78 Å². The summed E-state index contributed by atoms with van der Waals surface area (Å²) in [6.45, 7) is 6.30. The quantitative estimate of drug-likeness (QED) is 0.662. The van der Waals surface area contributed by atoms with Crippen LogP contribution in [0.5, 0.6) is 0 Å². The molecule has 1 heterocycles. The average molecular weight is 432 g/mol. The molecule has 5 heteroatoms. The Morgan fingerprint density at radius 1 is 1.13 bits per heavy atom. The van der Waals surface area contributed by atoms with E-state index in [-0.39, 0.29) is 11.2 Å². The summed E-state index contributed by atoms with van der Waals surface area (Å²) in [7, 11) is 0. The van der Waals surface area contributed by atoms with Gasteiger partial charge in [0.05, 0.1) is 17.6 Å². The number of anilines is 1. The van der Waals surface area contributed by atoms with Crippen LogP contribution >= 0.6 is 11.6 Å². The van der Waals surface area contributed by atoms with Crippen LogP contribution in [-0.2, 0) is 11.2 Å². The number of allylic oxidation sites excluding steroid dienone is 3. The largest absolute Gasteiger partial charge is 0.384 e. The molecule has 0 fully saturated rings. The minimum Gasteiger partial charge on any atom is -0.384 e. The van der Waals surface area contributed by atoms with Crippen LogP contribution in [0, 0.1) is 16.7 Å². The monoisotopic (exact) mass is 431 g/mol. The van der Waals surface area contributed by atoms with Gasteiger partial charge in [0.25, 0.3) is 0 Å². The lowest BCUT2D eigenvalue weighted by Gasteiger charge is -2.43. The van der Waals surface area contributed by atoms with E-state index in [0.717, 1.165) is 23.4 Å². The van der Waals surface area contributed by atoms with Crippen molar-refractivity contribution in [1.82, 2.24) is 0 Å². The number of aryl methyl sites for hydroxylation is 1. The van der Waals surface area contributed by atoms with Gasteiger partial charge in [-0.25, -0.2) is 0 Å². The summed E-state index contributed by atoms with van der Waals surface area (Å²) in [4.78, 5) is 15.3. The van der Waals surface area contributed by atoms with Gasteiger partial charge in [-0.2, -0.15) is 5.26 Å². The van der Waals surface area contributed by atoms with Crippen molar-refractivity contribution < 1.29 is 4.79 Å². The van der Waals surface area contributed by atoms with Gasteiger partial charge >= 0.3 is 0 Å². The molecule has 0 bridgehead atoms. The first-order chi connectivity index (χ1) is 14.8. The molecular formula is C26H26ClN3O. The maximum absolute atomic E-state index is 13.5. The summed E-state index contributed by atoms with van der Waals surface area (Å²) < 4.78 is 0. The molecule has 158 valence electrons. The molecule has 1 unspecified atom stereocenters. The standard InChI is InChI=1S/C26H26ClN3O/c1-4-16-5-7-17(8-6-16)23-20(15-28)25(29)30(19-11-9-18(27)10-12-19)21-13-26(2,3)14-22(31)24(21)23/h5-12,23H,4,13-14,29H2,1-3H3. The Labute approximate surface area is 188 Å². The fraction of sp³-hybridized carbons (Fsp3) is 0.308. The smallest absolute Gasteiger partial charge is 0.162 e. The Bertz CT molecular complexity index is 1130. The molecular weight excluding hydrogens is 406 g/mol. The number of rotatable bonds is 3. The molecule has 4 rings (SSSR count). The number of halogens is 1. The SMILES string of the molecule is CCc1ccc(C2C(C#N)=C(N)N(c3ccc(Cl)cc3)C3=C2C(=O)CC(C)(C)C3)cc1. The summed E-state index contributed by atoms with van der Waals surface area (Å²) in [6.07, 6.45) is 2.07. The van der Waals surface area contributed by atoms with Crippen LogP contribution in [0.2, 0.25) is 5.02 Å². The molecule has 0 radical (unpaired) electrons. The maximum atomic E-state index is 13.5. The highest BCUT2D eigenvalue weighted by Gasteiger charge is 2.44. The lowest BCUT2D eigenvalue weighted by Crippen LogP contribution is -2.42. The van der Waals surface area contributed by atoms with E-state index >= 15 is 0 Å². The van der Waals surface area contributed by atoms with Crippen molar-refractivity contribution in [3.05, 3.63) is 87.3 Å². The molecule has 0 aromatic heterocycles. The third-order valence-corrected chi connectivity index (χ3v) is 6.44. The van der Waals surface area contributed by atoms with Gasteiger partial charge in [0, 0.05) is 28.4 Å². The van der Waals surface area contributed by atoms with E-state index in [4.69, 9.17) is 17.3 Å². The third kappa shape index (κ3) is 3.75. The van der Waals surface area contributed by atoms with Gasteiger partial charge in [-0.3, -0.25) is 9.69 Å². The van der Waals surface area contributed by atoms with Crippen molar-refractivity contribution in [1.29, 1.82) is 5.26 Å². The number of hydrogen-bond donors (Lipinski definition) is 1. The fourth-order valence-corrected chi connectivity index (χ4v) is 4.80. The molecule has 4 nitrogen and oxygen atoms in total. The van der Waals surface area contributed by atoms with Crippen LogP contribution in [0.4, 0.5) is 5.69 Å². The number of ketones is 1. The highest BCUT2D eigenvalue weighted by atomic mass is 35.5. The van der Waals surface area contributed by atoms with Crippen molar-refractivity contribution in [2.45, 2.75) is 46.0 Å². The summed E-state index contributed by atoms with van der Waals surface area (Å²) in [5, 5.41) is 10.7. The van der Waals surface area contributed by atoms with Crippen molar-refractivity contribution in [3.63, 3.8) is 0 Å². The summed E-state index contributed by atoms with van der Waals surface area (Å²) in [5.41, 5.74) is 11.3. The van der Waals surface area contributed by atoms with Crippen LogP contribution in [0.1, 0.15) is 50.7 Å². The second kappa shape index (κ2) is 7.90. The zero-order valence-electron chi connectivity index (χ0n) is 18.1. The van der Waals surface area contributed by atoms with E-state index in [1.165, 1.54) is 5.56 Å². The predicted molar refractivity (Wildman–Crippen MR) is 124 cm³/mol. The number of carbonyl (C=O) groups excluding carboxylic acids is 1. The molecule has 1 atom stereocenters. The molecule has 0 saturated carbocycles. The van der Waals surface area contributed by atoms with E-state index in [2.05, 4.69) is 39.0 Å². The number of hydrogen-bond acceptors (Lipinski definition) is 4. The first kappa shape index (κ1) is 21.2. The molecule has 2 aliphatic rings. The molecule has 2 N–H and O–H groups in total. The molecule has 1 aliphatic carbocycles. The van der Waals surface area contributed by atoms with E-state index in [1.54, 1.807) is 12.1 Å². The van der Waals surface area contributed by atoms with Crippen LogP contribution in [0.15, 0.2) is 71.2 Å². The molecule has 1 aliphatic heterocycles. The minimum atomic E-state index is -0.446. The second-order valence-corrected chi connectivity index (χ2v) is 9.49. The van der Waals surface area contributed by atoms with Gasteiger partial charge < -0.3 is 5.73 Å². The second-order valence-electron chi connectivity index (χ2n) is 9.05. The minimum absolute atomic E-state index is 0.0787. The topological polar surface area (TPSA) is 70.1 Å². The zero-order valence-corrected chi connectivity index (χ0v) is 18.8. The van der Waals surface area contributed by atoms with Gasteiger partial charge in [0.2, 0.25) is 0 Å². The molecule has 2 aromatic rings. The van der Waals surface area contributed by atoms with Crippen LogP contribution in [-0.4, -0.2) is 5.78 Å². The number of nitriles is 1. The molecule has 0 saturated heterocycles. The van der Waals surface area contributed by atoms with Crippen LogP contribution in [0.3, 0.4) is 0 Å². The van der Waals surface area contributed by atoms with Crippen molar-refractivity contribution >= 4 is 23.1 Å². The average Bonchev–Trinajstić information content (AvgIpc) is 2.73. The van der Waals surface area contributed by atoms with Crippen LogP contribution in [0.25, 0.3) is 0 Å². The van der Waals surface area contributed by atoms with E-state index in [1.807, 2.05) is 29.2 Å². The number of nitrogens with zero attached hydrogens (tertiary/aromatic N) is 2. The summed E-state index contributed by atoms with van der Waals surface area (Å²) >= 11 is 6.10. The summed E-state index contributed by atoms with van der Waals surface area (Å²) in [5.74, 6) is 0.00623. The Morgan fingerprint density at radius 2 is 1.77 bits per heavy atom. The van der Waals surface area contributed by atoms with Gasteiger partial charge in [-0.05, 0) is 53.6 Å². The molecule has 31 heavy (non-hydrogen) atoms. The third-order valence-electron chi connectivity index (χ3n) is 6.19. The normalized spacial score (nSPS) is 20.5. The Kier molecular flexibility index (Phi) is 5.41. The van der Waals surface area contributed by atoms with E-state index in [0.29, 0.717) is 34.8 Å². The van der Waals surface area contributed by atoms with Crippen molar-refractivity contribution in [2.24, 2.45) is 11.1 Å². The maximum Gasteiger partial charge on any atom is 0.162 e. The van der Waals surface area contributed by atoms with Crippen molar-refractivity contribution in [3.8, 4) is 6.07 Å². The van der Waals surface area contributed by atoms with Gasteiger partial charge in [-0.15, -0.1) is 0 Å². The zero-order chi connectivity index (χ0) is 22.3. The first-order valence-corrected chi connectivity index (χ1v) is 10.9.